The molecule has 294 valence electrons. The Hall–Kier alpha value is 0.617. The molecule has 7 heteroatoms. The second kappa shape index (κ2) is 22.1. The van der Waals surface area contributed by atoms with E-state index in [1.807, 2.05) is 0 Å². The Kier molecular flexibility index (Phi) is 18.7. The van der Waals surface area contributed by atoms with Gasteiger partial charge in [-0.3, -0.25) is 0 Å². The SMILES string of the molecule is CCCCCCCCCCCCc1c(-c2cc[c]([Sn]([CH3])([CH3])[CH3])s2)sc2c1sc1c(CCCCCCCCCCCC)c(-c3cc[c]([Sn]([CH3])([CH3])[CH3])s3)sc12. The van der Waals surface area contributed by atoms with Crippen molar-refractivity contribution in [2.75, 3.05) is 0 Å². The van der Waals surface area contributed by atoms with Crippen LogP contribution in [0.5, 0.6) is 0 Å². The molecule has 0 aromatic carbocycles. The van der Waals surface area contributed by atoms with Crippen LogP contribution in [0.2, 0.25) is 29.6 Å². The summed E-state index contributed by atoms with van der Waals surface area (Å²) in [6.07, 6.45) is 30.6. The molecule has 53 heavy (non-hydrogen) atoms. The molecular weight excluding hydrogens is 950 g/mol. The Morgan fingerprint density at radius 2 is 0.679 bits per heavy atom. The monoisotopic (exact) mass is 1020 g/mol. The van der Waals surface area contributed by atoms with E-state index in [0.29, 0.717) is 0 Å². The summed E-state index contributed by atoms with van der Waals surface area (Å²) < 4.78 is 9.95. The maximum atomic E-state index is 2.58. The van der Waals surface area contributed by atoms with Gasteiger partial charge in [0.15, 0.2) is 0 Å². The molecule has 0 radical (unpaired) electrons. The van der Waals surface area contributed by atoms with Crippen LogP contribution in [0.3, 0.4) is 0 Å². The molecule has 5 aromatic rings. The van der Waals surface area contributed by atoms with Crippen LogP contribution in [0, 0.1) is 0 Å². The summed E-state index contributed by atoms with van der Waals surface area (Å²) in [5.74, 6) is 0. The van der Waals surface area contributed by atoms with Crippen molar-refractivity contribution in [2.45, 2.75) is 185 Å². The van der Waals surface area contributed by atoms with Crippen LogP contribution in [0.1, 0.15) is 153 Å². The number of unbranched alkanes of at least 4 members (excludes halogenated alkanes) is 18. The summed E-state index contributed by atoms with van der Waals surface area (Å²) in [6, 6.07) is 10.0. The molecule has 5 aromatic heterocycles. The predicted octanol–water partition coefficient (Wildman–Crippen LogP) is 17.7. The topological polar surface area (TPSA) is 0 Å². The number of thiophene rings is 5. The van der Waals surface area contributed by atoms with Crippen molar-refractivity contribution in [1.29, 1.82) is 0 Å². The summed E-state index contributed by atoms with van der Waals surface area (Å²) in [6.45, 7) is 4.64. The van der Waals surface area contributed by atoms with Gasteiger partial charge in [-0.2, -0.15) is 0 Å². The van der Waals surface area contributed by atoms with Crippen molar-refractivity contribution in [3.8, 4) is 19.5 Å². The molecule has 0 N–H and O–H groups in total. The van der Waals surface area contributed by atoms with Crippen molar-refractivity contribution in [2.24, 2.45) is 0 Å². The van der Waals surface area contributed by atoms with Crippen LogP contribution in [0.15, 0.2) is 24.3 Å². The van der Waals surface area contributed by atoms with Gasteiger partial charge in [-0.25, -0.2) is 0 Å². The molecule has 0 nitrogen and oxygen atoms in total. The molecule has 5 heterocycles. The molecule has 0 saturated carbocycles. The third-order valence-corrected chi connectivity index (χ3v) is 36.7. The fourth-order valence-electron chi connectivity index (χ4n) is 7.67. The number of rotatable bonds is 26. The molecule has 0 amide bonds. The molecule has 0 aliphatic heterocycles. The van der Waals surface area contributed by atoms with Gasteiger partial charge in [-0.15, -0.1) is 0 Å². The fraction of sp³-hybridized carbons (Fsp3) is 0.652. The number of aryl methyl sites for hydroxylation is 2. The number of fused-ring (bicyclic) bond motifs is 3. The van der Waals surface area contributed by atoms with Crippen LogP contribution in [0.4, 0.5) is 0 Å². The van der Waals surface area contributed by atoms with E-state index in [9.17, 15) is 0 Å². The van der Waals surface area contributed by atoms with Crippen LogP contribution < -0.4 is 5.79 Å². The van der Waals surface area contributed by atoms with Crippen molar-refractivity contribution < 1.29 is 0 Å². The van der Waals surface area contributed by atoms with Gasteiger partial charge in [0.05, 0.1) is 0 Å². The fourth-order valence-corrected chi connectivity index (χ4v) is 25.2. The van der Waals surface area contributed by atoms with Gasteiger partial charge in [0.25, 0.3) is 0 Å². The molecule has 0 unspecified atom stereocenters. The quantitative estimate of drug-likeness (QED) is 0.0382. The first-order valence-corrected chi connectivity index (χ1v) is 45.8. The summed E-state index contributed by atoms with van der Waals surface area (Å²) in [5, 5.41) is 0. The van der Waals surface area contributed by atoms with Gasteiger partial charge in [0, 0.05) is 0 Å². The molecule has 0 spiro atoms. The maximum absolute atomic E-state index is 2.58. The molecule has 0 bridgehead atoms. The zero-order valence-corrected chi connectivity index (χ0v) is 44.7. The first kappa shape index (κ1) is 44.7. The summed E-state index contributed by atoms with van der Waals surface area (Å²) >= 11 is 6.55. The van der Waals surface area contributed by atoms with Gasteiger partial charge < -0.3 is 0 Å². The van der Waals surface area contributed by atoms with Crippen LogP contribution in [-0.4, -0.2) is 36.8 Å². The number of hydrogen-bond donors (Lipinski definition) is 0. The average Bonchev–Trinajstić information content (AvgIpc) is 3.94. The van der Waals surface area contributed by atoms with Gasteiger partial charge >= 0.3 is 292 Å². The normalized spacial score (nSPS) is 12.7. The third kappa shape index (κ3) is 12.8. The Bertz CT molecular complexity index is 1670. The molecule has 0 fully saturated rings. The first-order valence-electron chi connectivity index (χ1n) is 21.7. The minimum atomic E-state index is -2.12. The zero-order chi connectivity index (χ0) is 37.8. The van der Waals surface area contributed by atoms with Crippen molar-refractivity contribution in [3.05, 3.63) is 35.4 Å². The molecule has 5 rings (SSSR count). The van der Waals surface area contributed by atoms with Crippen molar-refractivity contribution in [3.63, 3.8) is 0 Å². The van der Waals surface area contributed by atoms with Gasteiger partial charge in [0.1, 0.15) is 0 Å². The van der Waals surface area contributed by atoms with Crippen LogP contribution >= 0.6 is 56.7 Å². The van der Waals surface area contributed by atoms with E-state index in [4.69, 9.17) is 0 Å². The Labute approximate surface area is 353 Å². The van der Waals surface area contributed by atoms with Crippen molar-refractivity contribution in [1.82, 2.24) is 0 Å². The molecule has 0 saturated heterocycles. The number of hydrogen-bond acceptors (Lipinski definition) is 5. The average molecular weight is 1020 g/mol. The second-order valence-corrected chi connectivity index (χ2v) is 54.0. The standard InChI is InChI=1S/C40H54S5.6CH3.2Sn/c1-3-5-7-9-11-13-15-17-19-21-25-31-35(33-27-23-29-41-33)43-39-37(31)45-38-32(36(44-40(38)39)34-28-24-30-42-34)26-22-20-18-16-14-12-10-8-6-4-2;;;;;;;;/h23-24,27-28H,3-22,25-26H2,1-2H3;6*1H3;;. The van der Waals surface area contributed by atoms with Crippen LogP contribution in [0.25, 0.3) is 38.3 Å². The summed E-state index contributed by atoms with van der Waals surface area (Å²) in [7, 11) is 0. The van der Waals surface area contributed by atoms with E-state index in [1.54, 1.807) is 55.2 Å². The third-order valence-electron chi connectivity index (χ3n) is 11.0. The van der Waals surface area contributed by atoms with E-state index in [-0.39, 0.29) is 0 Å². The predicted molar refractivity (Wildman–Crippen MR) is 259 cm³/mol. The minimum absolute atomic E-state index is 1.25. The van der Waals surface area contributed by atoms with Gasteiger partial charge in [-0.1, -0.05) is 65.2 Å². The van der Waals surface area contributed by atoms with E-state index in [0.717, 1.165) is 0 Å². The summed E-state index contributed by atoms with van der Waals surface area (Å²) in [4.78, 5) is 21.8. The van der Waals surface area contributed by atoms with E-state index >= 15 is 0 Å². The Morgan fingerprint density at radius 3 is 0.981 bits per heavy atom. The zero-order valence-electron chi connectivity index (χ0n) is 34.9. The molecule has 0 aliphatic carbocycles. The van der Waals surface area contributed by atoms with E-state index in [2.05, 4.69) is 124 Å². The molecule has 0 atom stereocenters. The van der Waals surface area contributed by atoms with E-state index in [1.165, 1.54) is 141 Å². The Balaban J connectivity index is 1.39. The Morgan fingerprint density at radius 1 is 0.358 bits per heavy atom. The van der Waals surface area contributed by atoms with Crippen molar-refractivity contribution >= 4 is 118 Å². The second-order valence-electron chi connectivity index (χ2n) is 17.9. The van der Waals surface area contributed by atoms with Gasteiger partial charge in [0.2, 0.25) is 0 Å². The van der Waals surface area contributed by atoms with Crippen LogP contribution in [-0.2, 0) is 12.8 Å². The van der Waals surface area contributed by atoms with E-state index < -0.39 is 36.8 Å². The first-order chi connectivity index (χ1) is 25.5. The molecular formula is C46H72S5Sn2. The molecule has 0 aliphatic rings. The van der Waals surface area contributed by atoms with Gasteiger partial charge in [-0.05, 0) is 0 Å². The summed E-state index contributed by atoms with van der Waals surface area (Å²) in [5.41, 5.74) is 3.39.